The molecule has 0 aliphatic heterocycles. The van der Waals surface area contributed by atoms with Gasteiger partial charge >= 0.3 is 11.9 Å². The molecular formula is C16H14AgO5. The predicted octanol–water partition coefficient (Wildman–Crippen LogP) is 2.75. The number of esters is 1. The molecule has 0 aliphatic rings. The first kappa shape index (κ1) is 18.0. The summed E-state index contributed by atoms with van der Waals surface area (Å²) in [5.41, 5.74) is 1.28. The van der Waals surface area contributed by atoms with Crippen molar-refractivity contribution in [2.24, 2.45) is 0 Å². The Morgan fingerprint density at radius 3 is 2.00 bits per heavy atom. The third-order valence-electron chi connectivity index (χ3n) is 2.90. The van der Waals surface area contributed by atoms with Gasteiger partial charge in [-0.25, -0.2) is 9.59 Å². The Morgan fingerprint density at radius 1 is 0.955 bits per heavy atom. The number of aromatic carboxylic acids is 1. The van der Waals surface area contributed by atoms with E-state index in [2.05, 4.69) is 0 Å². The monoisotopic (exact) mass is 393 g/mol. The zero-order valence-electron chi connectivity index (χ0n) is 11.7. The average Bonchev–Trinajstić information content (AvgIpc) is 2.53. The minimum absolute atomic E-state index is 0. The molecule has 2 rings (SSSR count). The summed E-state index contributed by atoms with van der Waals surface area (Å²) in [7, 11) is 1.58. The minimum Gasteiger partial charge on any atom is -0.497 e. The van der Waals surface area contributed by atoms with Crippen molar-refractivity contribution in [3.63, 3.8) is 0 Å². The van der Waals surface area contributed by atoms with Crippen molar-refractivity contribution in [3.05, 3.63) is 65.2 Å². The fraction of sp³-hybridized carbons (Fsp3) is 0.125. The van der Waals surface area contributed by atoms with Crippen LogP contribution in [-0.4, -0.2) is 24.2 Å². The molecule has 22 heavy (non-hydrogen) atoms. The van der Waals surface area contributed by atoms with Gasteiger partial charge in [0, 0.05) is 22.4 Å². The first-order valence-corrected chi connectivity index (χ1v) is 6.23. The van der Waals surface area contributed by atoms with Crippen LogP contribution in [0.25, 0.3) is 0 Å². The summed E-state index contributed by atoms with van der Waals surface area (Å²) >= 11 is 0. The second-order valence-corrected chi connectivity index (χ2v) is 4.31. The van der Waals surface area contributed by atoms with Crippen molar-refractivity contribution < 1.29 is 46.5 Å². The number of rotatable bonds is 5. The first-order chi connectivity index (χ1) is 10.1. The molecular weight excluding hydrogens is 380 g/mol. The van der Waals surface area contributed by atoms with Crippen LogP contribution in [0.5, 0.6) is 5.75 Å². The summed E-state index contributed by atoms with van der Waals surface area (Å²) in [6, 6.07) is 12.8. The summed E-state index contributed by atoms with van der Waals surface area (Å²) in [6.07, 6.45) is 0. The van der Waals surface area contributed by atoms with Gasteiger partial charge in [0.2, 0.25) is 0 Å². The van der Waals surface area contributed by atoms with Crippen molar-refractivity contribution in [1.29, 1.82) is 0 Å². The molecule has 0 atom stereocenters. The molecule has 0 fully saturated rings. The van der Waals surface area contributed by atoms with Gasteiger partial charge in [0.25, 0.3) is 0 Å². The SMILES string of the molecule is COc1ccc(COC(=O)c2ccc(C(=O)O)cc2)cc1.[Ag]. The van der Waals surface area contributed by atoms with Gasteiger partial charge in [-0.15, -0.1) is 0 Å². The Labute approximate surface area is 143 Å². The zero-order valence-corrected chi connectivity index (χ0v) is 13.2. The third kappa shape index (κ3) is 4.73. The summed E-state index contributed by atoms with van der Waals surface area (Å²) in [4.78, 5) is 22.5. The maximum Gasteiger partial charge on any atom is 0.338 e. The third-order valence-corrected chi connectivity index (χ3v) is 2.90. The number of hydrogen-bond acceptors (Lipinski definition) is 4. The van der Waals surface area contributed by atoms with E-state index in [1.807, 2.05) is 0 Å². The van der Waals surface area contributed by atoms with E-state index in [4.69, 9.17) is 14.6 Å². The zero-order chi connectivity index (χ0) is 15.2. The predicted molar refractivity (Wildman–Crippen MR) is 75.5 cm³/mol. The van der Waals surface area contributed by atoms with Crippen LogP contribution in [0, 0.1) is 0 Å². The first-order valence-electron chi connectivity index (χ1n) is 6.23. The molecule has 0 unspecified atom stereocenters. The molecule has 0 spiro atoms. The molecule has 1 N–H and O–H groups in total. The van der Waals surface area contributed by atoms with Crippen LogP contribution in [0.4, 0.5) is 0 Å². The smallest absolute Gasteiger partial charge is 0.338 e. The van der Waals surface area contributed by atoms with Crippen LogP contribution < -0.4 is 4.74 Å². The van der Waals surface area contributed by atoms with Gasteiger partial charge < -0.3 is 14.6 Å². The van der Waals surface area contributed by atoms with Gasteiger partial charge in [0.15, 0.2) is 0 Å². The summed E-state index contributed by atoms with van der Waals surface area (Å²) < 4.78 is 10.2. The molecule has 0 saturated heterocycles. The van der Waals surface area contributed by atoms with Crippen molar-refractivity contribution in [2.75, 3.05) is 7.11 Å². The van der Waals surface area contributed by atoms with Crippen molar-refractivity contribution in [3.8, 4) is 5.75 Å². The molecule has 119 valence electrons. The van der Waals surface area contributed by atoms with E-state index in [-0.39, 0.29) is 34.6 Å². The molecule has 0 saturated carbocycles. The van der Waals surface area contributed by atoms with Crippen molar-refractivity contribution in [2.45, 2.75) is 6.61 Å². The van der Waals surface area contributed by atoms with Crippen LogP contribution in [0.3, 0.4) is 0 Å². The second-order valence-electron chi connectivity index (χ2n) is 4.31. The number of hydrogen-bond donors (Lipinski definition) is 1. The fourth-order valence-corrected chi connectivity index (χ4v) is 1.70. The van der Waals surface area contributed by atoms with Crippen LogP contribution >= 0.6 is 0 Å². The molecule has 0 aromatic heterocycles. The van der Waals surface area contributed by atoms with E-state index in [1.165, 1.54) is 24.3 Å². The summed E-state index contributed by atoms with van der Waals surface area (Å²) in [5, 5.41) is 8.78. The minimum atomic E-state index is -1.03. The van der Waals surface area contributed by atoms with Crippen LogP contribution in [0.15, 0.2) is 48.5 Å². The van der Waals surface area contributed by atoms with Gasteiger partial charge in [-0.2, -0.15) is 0 Å². The number of ether oxygens (including phenoxy) is 2. The molecule has 2 aromatic carbocycles. The van der Waals surface area contributed by atoms with Crippen molar-refractivity contribution >= 4 is 11.9 Å². The number of carbonyl (C=O) groups is 2. The van der Waals surface area contributed by atoms with Gasteiger partial charge in [0.1, 0.15) is 12.4 Å². The van der Waals surface area contributed by atoms with Gasteiger partial charge in [-0.3, -0.25) is 0 Å². The number of carboxylic acid groups (broad SMARTS) is 1. The summed E-state index contributed by atoms with van der Waals surface area (Å²) in [5.74, 6) is -0.801. The molecule has 0 amide bonds. The van der Waals surface area contributed by atoms with E-state index < -0.39 is 11.9 Å². The molecule has 1 radical (unpaired) electrons. The number of benzene rings is 2. The van der Waals surface area contributed by atoms with Gasteiger partial charge in [-0.1, -0.05) is 12.1 Å². The van der Waals surface area contributed by atoms with Gasteiger partial charge in [-0.05, 0) is 42.0 Å². The van der Waals surface area contributed by atoms with Crippen LogP contribution in [0.2, 0.25) is 0 Å². The largest absolute Gasteiger partial charge is 0.497 e. The molecule has 6 heteroatoms. The Hall–Kier alpha value is -2.08. The fourth-order valence-electron chi connectivity index (χ4n) is 1.70. The van der Waals surface area contributed by atoms with E-state index in [1.54, 1.807) is 31.4 Å². The molecule has 0 aliphatic carbocycles. The maximum atomic E-state index is 11.8. The molecule has 5 nitrogen and oxygen atoms in total. The van der Waals surface area contributed by atoms with Crippen LogP contribution in [-0.2, 0) is 33.7 Å². The normalized spacial score (nSPS) is 9.50. The molecule has 2 aromatic rings. The quantitative estimate of drug-likeness (QED) is 0.624. The Morgan fingerprint density at radius 2 is 1.50 bits per heavy atom. The van der Waals surface area contributed by atoms with E-state index in [0.717, 1.165) is 11.3 Å². The van der Waals surface area contributed by atoms with Crippen molar-refractivity contribution in [1.82, 2.24) is 0 Å². The average molecular weight is 394 g/mol. The Balaban J connectivity index is 0.00000242. The summed E-state index contributed by atoms with van der Waals surface area (Å²) in [6.45, 7) is 0.142. The topological polar surface area (TPSA) is 72.8 Å². The standard InChI is InChI=1S/C16H14O5.Ag/c1-20-14-8-2-11(3-9-14)10-21-16(19)13-6-4-12(5-7-13)15(17)18;/h2-9H,10H2,1H3,(H,17,18);. The number of carbonyl (C=O) groups excluding carboxylic acids is 1. The van der Waals surface area contributed by atoms with E-state index >= 15 is 0 Å². The number of carboxylic acids is 1. The van der Waals surface area contributed by atoms with E-state index in [9.17, 15) is 9.59 Å². The molecule has 0 heterocycles. The van der Waals surface area contributed by atoms with Crippen LogP contribution in [0.1, 0.15) is 26.3 Å². The Bertz CT molecular complexity index is 635. The van der Waals surface area contributed by atoms with Gasteiger partial charge in [0.05, 0.1) is 18.2 Å². The second kappa shape index (κ2) is 8.38. The van der Waals surface area contributed by atoms with E-state index in [0.29, 0.717) is 5.56 Å². The number of methoxy groups -OCH3 is 1. The maximum absolute atomic E-state index is 11.8. The molecule has 0 bridgehead atoms. The Kier molecular flexibility index (Phi) is 6.85.